The molecule has 2 rings (SSSR count). The Hall–Kier alpha value is -1.95. The largest absolute Gasteiger partial charge is 0.493 e. The standard InChI is InChI=1S/C14H18N4OS/c1-3-7-13-16-17-14(20)18(13)15-10-11-8-5-6-9-12(11)19-4-2/h5-6,8-10H,3-4,7H2,1-2H3,(H,17,20)/b15-10-. The van der Waals surface area contributed by atoms with Gasteiger partial charge >= 0.3 is 0 Å². The SMILES string of the molecule is CCCc1n[nH]c(=S)n1/N=C\c1ccccc1OCC. The van der Waals surface area contributed by atoms with E-state index in [2.05, 4.69) is 22.2 Å². The van der Waals surface area contributed by atoms with Gasteiger partial charge in [0, 0.05) is 12.0 Å². The Labute approximate surface area is 123 Å². The first-order chi connectivity index (χ1) is 9.76. The van der Waals surface area contributed by atoms with Gasteiger partial charge in [0.05, 0.1) is 12.8 Å². The predicted octanol–water partition coefficient (Wildman–Crippen LogP) is 3.17. The summed E-state index contributed by atoms with van der Waals surface area (Å²) < 4.78 is 7.72. The predicted molar refractivity (Wildman–Crippen MR) is 82.0 cm³/mol. The molecule has 0 fully saturated rings. The van der Waals surface area contributed by atoms with Crippen LogP contribution in [-0.2, 0) is 6.42 Å². The van der Waals surface area contributed by atoms with E-state index in [0.717, 1.165) is 30.0 Å². The van der Waals surface area contributed by atoms with Gasteiger partial charge in [-0.3, -0.25) is 5.10 Å². The molecule has 1 N–H and O–H groups in total. The molecule has 5 nitrogen and oxygen atoms in total. The summed E-state index contributed by atoms with van der Waals surface area (Å²) in [5, 5.41) is 11.4. The van der Waals surface area contributed by atoms with Crippen molar-refractivity contribution >= 4 is 18.4 Å². The average Bonchev–Trinajstić information content (AvgIpc) is 2.80. The fraction of sp³-hybridized carbons (Fsp3) is 0.357. The molecule has 0 aliphatic heterocycles. The monoisotopic (exact) mass is 290 g/mol. The molecule has 106 valence electrons. The molecule has 0 spiro atoms. The van der Waals surface area contributed by atoms with E-state index in [1.165, 1.54) is 0 Å². The summed E-state index contributed by atoms with van der Waals surface area (Å²) in [7, 11) is 0. The Bertz CT molecular complexity index is 645. The molecule has 6 heteroatoms. The molecule has 0 saturated carbocycles. The topological polar surface area (TPSA) is 55.2 Å². The van der Waals surface area contributed by atoms with Crippen molar-refractivity contribution in [1.29, 1.82) is 0 Å². The minimum atomic E-state index is 0.499. The second-order valence-corrected chi connectivity index (χ2v) is 4.61. The van der Waals surface area contributed by atoms with Gasteiger partial charge < -0.3 is 4.74 Å². The summed E-state index contributed by atoms with van der Waals surface area (Å²) in [6, 6.07) is 7.77. The molecule has 0 radical (unpaired) electrons. The van der Waals surface area contributed by atoms with Crippen molar-refractivity contribution in [2.45, 2.75) is 26.7 Å². The summed E-state index contributed by atoms with van der Waals surface area (Å²) in [5.41, 5.74) is 0.917. The van der Waals surface area contributed by atoms with E-state index in [1.54, 1.807) is 10.9 Å². The molecule has 1 heterocycles. The van der Waals surface area contributed by atoms with Crippen molar-refractivity contribution in [1.82, 2.24) is 14.9 Å². The normalized spacial score (nSPS) is 11.1. The van der Waals surface area contributed by atoms with E-state index in [-0.39, 0.29) is 0 Å². The number of hydrogen-bond donors (Lipinski definition) is 1. The molecule has 0 bridgehead atoms. The van der Waals surface area contributed by atoms with Gasteiger partial charge in [-0.25, -0.2) is 0 Å². The lowest BCUT2D eigenvalue weighted by Gasteiger charge is -2.06. The first-order valence-corrected chi connectivity index (χ1v) is 7.09. The number of aryl methyl sites for hydroxylation is 1. The lowest BCUT2D eigenvalue weighted by Crippen LogP contribution is -2.00. The summed E-state index contributed by atoms with van der Waals surface area (Å²) >= 11 is 5.19. The van der Waals surface area contributed by atoms with Crippen LogP contribution in [0, 0.1) is 4.77 Å². The molecule has 1 aromatic carbocycles. The lowest BCUT2D eigenvalue weighted by molar-refractivity contribution is 0.340. The summed E-state index contributed by atoms with van der Waals surface area (Å²) in [4.78, 5) is 0. The molecule has 1 aromatic heterocycles. The van der Waals surface area contributed by atoms with Gasteiger partial charge in [0.15, 0.2) is 5.82 Å². The highest BCUT2D eigenvalue weighted by Gasteiger charge is 2.04. The van der Waals surface area contributed by atoms with E-state index in [9.17, 15) is 0 Å². The van der Waals surface area contributed by atoms with Gasteiger partial charge in [0.2, 0.25) is 4.77 Å². The Balaban J connectivity index is 2.30. The average molecular weight is 290 g/mol. The molecule has 0 aliphatic carbocycles. The van der Waals surface area contributed by atoms with E-state index in [1.807, 2.05) is 31.2 Å². The third kappa shape index (κ3) is 3.33. The molecule has 0 atom stereocenters. The number of hydrogen-bond acceptors (Lipinski definition) is 4. The maximum Gasteiger partial charge on any atom is 0.216 e. The summed E-state index contributed by atoms with van der Waals surface area (Å²) in [5.74, 6) is 1.65. The first kappa shape index (κ1) is 14.5. The zero-order valence-corrected chi connectivity index (χ0v) is 12.5. The molecule has 0 unspecified atom stereocenters. The van der Waals surface area contributed by atoms with E-state index in [0.29, 0.717) is 11.4 Å². The first-order valence-electron chi connectivity index (χ1n) is 6.68. The van der Waals surface area contributed by atoms with E-state index in [4.69, 9.17) is 17.0 Å². The molecular weight excluding hydrogens is 272 g/mol. The Morgan fingerprint density at radius 2 is 2.20 bits per heavy atom. The summed E-state index contributed by atoms with van der Waals surface area (Å²) in [6.07, 6.45) is 3.57. The molecule has 0 saturated heterocycles. The van der Waals surface area contributed by atoms with E-state index < -0.39 is 0 Å². The minimum Gasteiger partial charge on any atom is -0.493 e. The number of ether oxygens (including phenoxy) is 1. The fourth-order valence-electron chi connectivity index (χ4n) is 1.82. The van der Waals surface area contributed by atoms with Crippen LogP contribution in [0.5, 0.6) is 5.75 Å². The van der Waals surface area contributed by atoms with Crippen LogP contribution in [0.3, 0.4) is 0 Å². The van der Waals surface area contributed by atoms with Gasteiger partial charge in [-0.05, 0) is 37.7 Å². The maximum absolute atomic E-state index is 5.56. The second kappa shape index (κ2) is 7.00. The van der Waals surface area contributed by atoms with E-state index >= 15 is 0 Å². The van der Waals surface area contributed by atoms with Crippen LogP contribution < -0.4 is 4.74 Å². The Kier molecular flexibility index (Phi) is 5.06. The van der Waals surface area contributed by atoms with Crippen molar-refractivity contribution in [3.8, 4) is 5.75 Å². The van der Waals surface area contributed by atoms with Gasteiger partial charge in [-0.1, -0.05) is 19.1 Å². The number of para-hydroxylation sites is 1. The van der Waals surface area contributed by atoms with Crippen molar-refractivity contribution in [2.75, 3.05) is 6.61 Å². The van der Waals surface area contributed by atoms with Crippen molar-refractivity contribution in [3.63, 3.8) is 0 Å². The summed E-state index contributed by atoms with van der Waals surface area (Å²) in [6.45, 7) is 4.67. The van der Waals surface area contributed by atoms with Crippen molar-refractivity contribution in [3.05, 3.63) is 40.4 Å². The Morgan fingerprint density at radius 3 is 2.95 bits per heavy atom. The lowest BCUT2D eigenvalue weighted by atomic mass is 10.2. The van der Waals surface area contributed by atoms with Gasteiger partial charge in [0.1, 0.15) is 5.75 Å². The number of rotatable bonds is 6. The number of nitrogens with one attached hydrogen (secondary N) is 1. The van der Waals surface area contributed by atoms with Crippen LogP contribution in [0.1, 0.15) is 31.7 Å². The third-order valence-electron chi connectivity index (χ3n) is 2.72. The smallest absolute Gasteiger partial charge is 0.216 e. The highest BCUT2D eigenvalue weighted by atomic mass is 32.1. The number of benzene rings is 1. The van der Waals surface area contributed by atoms with Crippen molar-refractivity contribution < 1.29 is 4.74 Å². The molecule has 0 aliphatic rings. The molecule has 2 aromatic rings. The van der Waals surface area contributed by atoms with Crippen molar-refractivity contribution in [2.24, 2.45) is 5.10 Å². The number of aromatic nitrogens is 3. The highest BCUT2D eigenvalue weighted by molar-refractivity contribution is 7.71. The van der Waals surface area contributed by atoms with Crippen LogP contribution in [0.25, 0.3) is 0 Å². The number of H-pyrrole nitrogens is 1. The third-order valence-corrected chi connectivity index (χ3v) is 2.99. The zero-order chi connectivity index (χ0) is 14.4. The molecule has 20 heavy (non-hydrogen) atoms. The van der Waals surface area contributed by atoms with Crippen LogP contribution in [0.4, 0.5) is 0 Å². The minimum absolute atomic E-state index is 0.499. The van der Waals surface area contributed by atoms with Gasteiger partial charge in [-0.15, -0.1) is 0 Å². The molecule has 0 amide bonds. The maximum atomic E-state index is 5.56. The van der Waals surface area contributed by atoms with Gasteiger partial charge in [0.25, 0.3) is 0 Å². The van der Waals surface area contributed by atoms with Crippen LogP contribution >= 0.6 is 12.2 Å². The molecular formula is C14H18N4OS. The van der Waals surface area contributed by atoms with Crippen LogP contribution in [0.2, 0.25) is 0 Å². The highest BCUT2D eigenvalue weighted by Crippen LogP contribution is 2.15. The van der Waals surface area contributed by atoms with Crippen LogP contribution in [-0.4, -0.2) is 27.7 Å². The second-order valence-electron chi connectivity index (χ2n) is 4.22. The zero-order valence-electron chi connectivity index (χ0n) is 11.7. The number of nitrogens with zero attached hydrogens (tertiary/aromatic N) is 3. The fourth-order valence-corrected chi connectivity index (χ4v) is 2.02. The van der Waals surface area contributed by atoms with Crippen LogP contribution in [0.15, 0.2) is 29.4 Å². The number of aromatic amines is 1. The van der Waals surface area contributed by atoms with Gasteiger partial charge in [-0.2, -0.15) is 14.9 Å². The quantitative estimate of drug-likeness (QED) is 0.656. The Morgan fingerprint density at radius 1 is 1.40 bits per heavy atom.